The van der Waals surface area contributed by atoms with E-state index in [9.17, 15) is 25.4 Å². The fourth-order valence-corrected chi connectivity index (χ4v) is 4.31. The molecular weight excluding hydrogens is 372 g/mol. The number of aliphatic hydroxyl groups is 3. The van der Waals surface area contributed by atoms with Gasteiger partial charge >= 0.3 is 5.97 Å². The molecule has 1 aliphatic heterocycles. The van der Waals surface area contributed by atoms with Gasteiger partial charge in [-0.15, -0.1) is 0 Å². The van der Waals surface area contributed by atoms with Crippen molar-refractivity contribution in [2.75, 3.05) is 12.4 Å². The zero-order chi connectivity index (χ0) is 20.6. The number of aliphatic carboxylic acids is 1. The van der Waals surface area contributed by atoms with Gasteiger partial charge < -0.3 is 30.5 Å². The molecule has 12 heteroatoms. The van der Waals surface area contributed by atoms with Crippen molar-refractivity contribution in [1.29, 1.82) is 5.26 Å². The first-order valence-electron chi connectivity index (χ1n) is 8.39. The van der Waals surface area contributed by atoms with Gasteiger partial charge in [0.1, 0.15) is 23.4 Å². The number of aliphatic hydroxyl groups excluding tert-OH is 1. The van der Waals surface area contributed by atoms with Crippen molar-refractivity contribution in [2.24, 2.45) is 5.41 Å². The van der Waals surface area contributed by atoms with Crippen LogP contribution in [-0.4, -0.2) is 76.4 Å². The third-order valence-corrected chi connectivity index (χ3v) is 6.02. The predicted octanol–water partition coefficient (Wildman–Crippen LogP) is -1.42. The van der Waals surface area contributed by atoms with Crippen LogP contribution in [0.15, 0.2) is 6.33 Å². The number of nitriles is 1. The van der Waals surface area contributed by atoms with Crippen molar-refractivity contribution < 1.29 is 30.0 Å². The lowest BCUT2D eigenvalue weighted by Crippen LogP contribution is -2.46. The second kappa shape index (κ2) is 5.36. The second-order valence-electron chi connectivity index (χ2n) is 7.43. The van der Waals surface area contributed by atoms with Crippen LogP contribution in [0, 0.1) is 16.7 Å². The summed E-state index contributed by atoms with van der Waals surface area (Å²) in [5.41, 5.74) is -4.71. The molecule has 1 saturated carbocycles. The highest BCUT2D eigenvalue weighted by Crippen LogP contribution is 2.75. The van der Waals surface area contributed by atoms with Crippen molar-refractivity contribution in [1.82, 2.24) is 19.5 Å². The van der Waals surface area contributed by atoms with Crippen LogP contribution >= 0.6 is 0 Å². The number of hydrogen-bond donors (Lipinski definition) is 5. The normalized spacial score (nSPS) is 33.9. The average Bonchev–Trinajstić information content (AvgIpc) is 3.02. The molecule has 28 heavy (non-hydrogen) atoms. The smallest absolute Gasteiger partial charge is 0.335 e. The Labute approximate surface area is 158 Å². The molecule has 0 aromatic carbocycles. The van der Waals surface area contributed by atoms with E-state index in [0.717, 1.165) is 0 Å². The predicted molar refractivity (Wildman–Crippen MR) is 90.8 cm³/mol. The lowest BCUT2D eigenvalue weighted by atomic mass is 9.97. The molecule has 2 fully saturated rings. The summed E-state index contributed by atoms with van der Waals surface area (Å²) >= 11 is 0. The first-order chi connectivity index (χ1) is 13.1. The number of rotatable bonds is 4. The number of hydrogen-bond acceptors (Lipinski definition) is 10. The average molecular weight is 390 g/mol. The first-order valence-corrected chi connectivity index (χ1v) is 8.39. The molecule has 2 aliphatic rings. The Morgan fingerprint density at radius 3 is 2.64 bits per heavy atom. The maximum atomic E-state index is 11.3. The Hall–Kier alpha value is -2.85. The van der Waals surface area contributed by atoms with Gasteiger partial charge in [-0.2, -0.15) is 15.2 Å². The van der Waals surface area contributed by atoms with Gasteiger partial charge in [-0.3, -0.25) is 4.57 Å². The summed E-state index contributed by atoms with van der Waals surface area (Å²) < 4.78 is 6.91. The fourth-order valence-electron chi connectivity index (χ4n) is 4.31. The Balaban J connectivity index is 1.89. The quantitative estimate of drug-likeness (QED) is 0.412. The maximum Gasteiger partial charge on any atom is 0.335 e. The number of nitrogens with zero attached hydrogens (tertiary/aromatic N) is 5. The van der Waals surface area contributed by atoms with Crippen LogP contribution in [0.25, 0.3) is 11.2 Å². The minimum atomic E-state index is -2.06. The summed E-state index contributed by atoms with van der Waals surface area (Å²) in [6.07, 6.45) is -3.67. The summed E-state index contributed by atoms with van der Waals surface area (Å²) in [7, 11) is 1.59. The van der Waals surface area contributed by atoms with E-state index in [2.05, 4.69) is 20.3 Å². The Bertz CT molecular complexity index is 1050. The van der Waals surface area contributed by atoms with Gasteiger partial charge in [-0.1, -0.05) is 13.8 Å². The van der Waals surface area contributed by atoms with Crippen LogP contribution in [-0.2, 0) is 9.53 Å². The van der Waals surface area contributed by atoms with Gasteiger partial charge in [0.2, 0.25) is 5.82 Å². The van der Waals surface area contributed by atoms with Crippen LogP contribution in [0.3, 0.4) is 0 Å². The van der Waals surface area contributed by atoms with Crippen molar-refractivity contribution >= 4 is 23.0 Å². The largest absolute Gasteiger partial charge is 0.479 e. The fraction of sp³-hybridized carbons (Fsp3) is 0.562. The van der Waals surface area contributed by atoms with E-state index in [-0.39, 0.29) is 22.8 Å². The number of carboxylic acid groups (broad SMARTS) is 1. The van der Waals surface area contributed by atoms with Crippen LogP contribution in [0.1, 0.15) is 25.9 Å². The number of ether oxygens (including phenoxy) is 1. The van der Waals surface area contributed by atoms with Gasteiger partial charge in [-0.25, -0.2) is 9.78 Å². The van der Waals surface area contributed by atoms with E-state index < -0.39 is 41.0 Å². The molecular formula is C16H18N6O6. The molecule has 1 aliphatic carbocycles. The number of carbonyl (C=O) groups is 1. The van der Waals surface area contributed by atoms with Crippen molar-refractivity contribution in [2.45, 2.75) is 43.5 Å². The van der Waals surface area contributed by atoms with Crippen LogP contribution in [0.5, 0.6) is 0 Å². The summed E-state index contributed by atoms with van der Waals surface area (Å²) in [6, 6.07) is 1.82. The number of aromatic nitrogens is 4. The molecule has 12 nitrogen and oxygen atoms in total. The van der Waals surface area contributed by atoms with Crippen molar-refractivity contribution in [3.8, 4) is 6.07 Å². The van der Waals surface area contributed by atoms with Crippen LogP contribution in [0.4, 0.5) is 5.82 Å². The van der Waals surface area contributed by atoms with Gasteiger partial charge in [0.05, 0.1) is 6.33 Å². The molecule has 1 unspecified atom stereocenters. The zero-order valence-corrected chi connectivity index (χ0v) is 15.2. The third kappa shape index (κ3) is 1.81. The molecule has 2 aromatic rings. The molecule has 4 rings (SSSR count). The third-order valence-electron chi connectivity index (χ3n) is 6.02. The van der Waals surface area contributed by atoms with Gasteiger partial charge in [0, 0.05) is 12.5 Å². The summed E-state index contributed by atoms with van der Waals surface area (Å²) in [4.78, 5) is 23.6. The maximum absolute atomic E-state index is 11.3. The molecule has 0 radical (unpaired) electrons. The number of nitrogens with one attached hydrogen (secondary N) is 1. The number of fused-ring (bicyclic) bond motifs is 2. The van der Waals surface area contributed by atoms with Crippen LogP contribution < -0.4 is 5.32 Å². The van der Waals surface area contributed by atoms with Crippen LogP contribution in [0.2, 0.25) is 0 Å². The monoisotopic (exact) mass is 390 g/mol. The minimum Gasteiger partial charge on any atom is -0.479 e. The number of carboxylic acids is 1. The Morgan fingerprint density at radius 1 is 1.39 bits per heavy atom. The van der Waals surface area contributed by atoms with E-state index in [1.54, 1.807) is 7.05 Å². The summed E-state index contributed by atoms with van der Waals surface area (Å²) in [5.74, 6) is -1.47. The zero-order valence-electron chi connectivity index (χ0n) is 15.2. The van der Waals surface area contributed by atoms with Gasteiger partial charge in [0.15, 0.2) is 29.3 Å². The molecule has 5 N–H and O–H groups in total. The standard InChI is InChI=1S/C16H18N6O6/c1-14(2)15(26)9(8(23)12(24)25)28-13(16(14,15)27)22-5-19-7-10(18-3)20-6(4-17)21-11(7)22/h5,8-9,13,23,26-27H,1-3H3,(H,24,25)(H,18,20,21)/t8?,9-,13-,15-,16+/m1/s1. The van der Waals surface area contributed by atoms with Gasteiger partial charge in [-0.05, 0) is 0 Å². The van der Waals surface area contributed by atoms with E-state index in [1.807, 2.05) is 6.07 Å². The molecule has 3 heterocycles. The molecule has 0 bridgehead atoms. The Morgan fingerprint density at radius 2 is 2.07 bits per heavy atom. The van der Waals surface area contributed by atoms with Crippen molar-refractivity contribution in [3.05, 3.63) is 12.2 Å². The lowest BCUT2D eigenvalue weighted by Gasteiger charge is -2.28. The number of anilines is 1. The summed E-state index contributed by atoms with van der Waals surface area (Å²) in [6.45, 7) is 3.08. The van der Waals surface area contributed by atoms with E-state index in [1.165, 1.54) is 24.7 Å². The van der Waals surface area contributed by atoms with Crippen molar-refractivity contribution in [3.63, 3.8) is 0 Å². The first kappa shape index (κ1) is 18.5. The molecule has 1 saturated heterocycles. The summed E-state index contributed by atoms with van der Waals surface area (Å²) in [5, 5.41) is 53.5. The molecule has 148 valence electrons. The number of imidazole rings is 1. The molecule has 5 atom stereocenters. The van der Waals surface area contributed by atoms with Gasteiger partial charge in [0.25, 0.3) is 0 Å². The van der Waals surface area contributed by atoms with E-state index in [4.69, 9.17) is 9.84 Å². The SMILES string of the molecule is CNc1nc(C#N)nc2c1ncn2[C@@H]1O[C@H](C(O)C(=O)O)[C@@]2(O)C(C)(C)[C@@]12O. The lowest BCUT2D eigenvalue weighted by molar-refractivity contribution is -0.174. The Kier molecular flexibility index (Phi) is 3.54. The van der Waals surface area contributed by atoms with E-state index in [0.29, 0.717) is 0 Å². The molecule has 2 aromatic heterocycles. The topological polar surface area (TPSA) is 187 Å². The molecule has 0 amide bonds. The highest BCUT2D eigenvalue weighted by atomic mass is 16.6. The molecule has 0 spiro atoms. The highest BCUT2D eigenvalue weighted by Gasteiger charge is 2.93. The van der Waals surface area contributed by atoms with E-state index >= 15 is 0 Å². The highest BCUT2D eigenvalue weighted by molar-refractivity contribution is 5.83. The minimum absolute atomic E-state index is 0.143. The second-order valence-corrected chi connectivity index (χ2v) is 7.43.